The van der Waals surface area contributed by atoms with E-state index in [1.807, 2.05) is 6.07 Å². The molecule has 6 N–H and O–H groups in total. The van der Waals surface area contributed by atoms with Gasteiger partial charge in [0.1, 0.15) is 23.1 Å². The Morgan fingerprint density at radius 3 is 2.48 bits per heavy atom. The number of fused-ring (bicyclic) bond motifs is 1. The molecule has 1 aliphatic carbocycles. The van der Waals surface area contributed by atoms with Gasteiger partial charge >= 0.3 is 12.2 Å². The lowest BCUT2D eigenvalue weighted by atomic mass is 9.85. The summed E-state index contributed by atoms with van der Waals surface area (Å²) in [6.07, 6.45) is -0.403. The van der Waals surface area contributed by atoms with E-state index in [2.05, 4.69) is 20.9 Å². The second kappa shape index (κ2) is 12.2. The number of benzene rings is 1. The summed E-state index contributed by atoms with van der Waals surface area (Å²) in [6, 6.07) is 6.82. The highest BCUT2D eigenvalue weighted by molar-refractivity contribution is 5.98. The monoisotopic (exact) mass is 557 g/mol. The molecule has 0 aliphatic heterocycles. The van der Waals surface area contributed by atoms with Crippen LogP contribution in [-0.2, 0) is 31.9 Å². The Hall–Kier alpha value is -4.39. The fourth-order valence-corrected chi connectivity index (χ4v) is 4.05. The maximum atomic E-state index is 12.7. The minimum absolute atomic E-state index is 0.0427. The Morgan fingerprint density at radius 2 is 1.82 bits per heavy atom. The van der Waals surface area contributed by atoms with E-state index in [1.165, 1.54) is 20.0 Å². The normalized spacial score (nSPS) is 17.9. The number of pyridine rings is 1. The van der Waals surface area contributed by atoms with Crippen LogP contribution in [0.2, 0.25) is 0 Å². The first-order valence-electron chi connectivity index (χ1n) is 12.7. The maximum Gasteiger partial charge on any atom is 0.507 e. The van der Waals surface area contributed by atoms with Crippen LogP contribution in [0.4, 0.5) is 15.3 Å². The summed E-state index contributed by atoms with van der Waals surface area (Å²) in [5.74, 6) is -0.606. The van der Waals surface area contributed by atoms with E-state index in [4.69, 9.17) is 19.9 Å². The molecule has 13 heteroatoms. The molecule has 1 aromatic heterocycles. The zero-order valence-corrected chi connectivity index (χ0v) is 23.1. The predicted octanol–water partition coefficient (Wildman–Crippen LogP) is 3.07. The van der Waals surface area contributed by atoms with E-state index in [1.54, 1.807) is 45.0 Å². The molecule has 3 rings (SSSR count). The topological polar surface area (TPSA) is 191 Å². The summed E-state index contributed by atoms with van der Waals surface area (Å²) in [4.78, 5) is 53.0. The lowest BCUT2D eigenvalue weighted by molar-refractivity contribution is -0.126. The zero-order chi connectivity index (χ0) is 29.7. The zero-order valence-electron chi connectivity index (χ0n) is 23.1. The number of carboxylic acid groups (broad SMARTS) is 1. The predicted molar refractivity (Wildman–Crippen MR) is 144 cm³/mol. The molecule has 0 spiro atoms. The van der Waals surface area contributed by atoms with Gasteiger partial charge in [-0.25, -0.2) is 14.6 Å². The molecule has 1 heterocycles. The minimum Gasteiger partial charge on any atom is -0.450 e. The number of amides is 3. The highest BCUT2D eigenvalue weighted by Crippen LogP contribution is 2.38. The summed E-state index contributed by atoms with van der Waals surface area (Å²) in [5.41, 5.74) is 4.84. The fourth-order valence-electron chi connectivity index (χ4n) is 4.05. The van der Waals surface area contributed by atoms with Crippen LogP contribution in [-0.4, -0.2) is 57.6 Å². The number of hydrogen-bond donors (Lipinski definition) is 5. The van der Waals surface area contributed by atoms with Gasteiger partial charge in [-0.2, -0.15) is 0 Å². The van der Waals surface area contributed by atoms with Crippen LogP contribution in [0.15, 0.2) is 36.5 Å². The third-order valence-electron chi connectivity index (χ3n) is 5.90. The number of rotatable bonds is 8. The van der Waals surface area contributed by atoms with Crippen LogP contribution in [0.25, 0.3) is 0 Å². The average Bonchev–Trinajstić information content (AvgIpc) is 2.83. The molecule has 3 atom stereocenters. The minimum atomic E-state index is -1.60. The SMILES string of the molecule is C[C@H](N)C(=O)N[C@@H](C)C(=O)Nc1cccnc1Oc1cccc2c1C[C@](NC(=O)OC(C)(C)C)(OC(=O)O)CC2. The van der Waals surface area contributed by atoms with Gasteiger partial charge in [0, 0.05) is 24.6 Å². The highest BCUT2D eigenvalue weighted by Gasteiger charge is 2.42. The second-order valence-corrected chi connectivity index (χ2v) is 10.5. The molecule has 2 aromatic rings. The molecule has 40 heavy (non-hydrogen) atoms. The van der Waals surface area contributed by atoms with Crippen molar-refractivity contribution in [1.29, 1.82) is 0 Å². The average molecular weight is 558 g/mol. The van der Waals surface area contributed by atoms with E-state index in [0.29, 0.717) is 17.7 Å². The molecule has 0 bridgehead atoms. The van der Waals surface area contributed by atoms with E-state index in [0.717, 1.165) is 5.56 Å². The van der Waals surface area contributed by atoms with Crippen molar-refractivity contribution >= 4 is 29.8 Å². The van der Waals surface area contributed by atoms with Crippen molar-refractivity contribution in [1.82, 2.24) is 15.6 Å². The van der Waals surface area contributed by atoms with Gasteiger partial charge < -0.3 is 35.7 Å². The number of alkyl carbamates (subject to hydrolysis) is 1. The fraction of sp³-hybridized carbons (Fsp3) is 0.444. The number of aromatic nitrogens is 1. The number of carbonyl (C=O) groups is 4. The molecule has 0 unspecified atom stereocenters. The van der Waals surface area contributed by atoms with Crippen molar-refractivity contribution in [3.63, 3.8) is 0 Å². The van der Waals surface area contributed by atoms with Gasteiger partial charge in [0.05, 0.1) is 6.04 Å². The first kappa shape index (κ1) is 30.2. The molecule has 1 aromatic carbocycles. The number of hydrogen-bond acceptors (Lipinski definition) is 9. The molecular weight excluding hydrogens is 522 g/mol. The summed E-state index contributed by atoms with van der Waals surface area (Å²) < 4.78 is 16.7. The maximum absolute atomic E-state index is 12.7. The Balaban J connectivity index is 1.86. The Morgan fingerprint density at radius 1 is 1.10 bits per heavy atom. The lowest BCUT2D eigenvalue weighted by Crippen LogP contribution is -2.56. The number of nitrogens with zero attached hydrogens (tertiary/aromatic N) is 1. The number of anilines is 1. The second-order valence-electron chi connectivity index (χ2n) is 10.5. The third kappa shape index (κ3) is 8.06. The Bertz CT molecular complexity index is 1280. The molecule has 0 fully saturated rings. The Kier molecular flexibility index (Phi) is 9.20. The molecule has 0 radical (unpaired) electrons. The molecule has 0 saturated heterocycles. The Labute approximate surface area is 231 Å². The van der Waals surface area contributed by atoms with Gasteiger partial charge in [-0.3, -0.25) is 14.9 Å². The van der Waals surface area contributed by atoms with Crippen LogP contribution < -0.4 is 26.4 Å². The first-order chi connectivity index (χ1) is 18.7. The molecule has 13 nitrogen and oxygen atoms in total. The van der Waals surface area contributed by atoms with Crippen LogP contribution in [0.5, 0.6) is 11.6 Å². The molecular formula is C27H35N5O8. The number of ether oxygens (including phenoxy) is 3. The third-order valence-corrected chi connectivity index (χ3v) is 5.90. The van der Waals surface area contributed by atoms with Gasteiger partial charge in [-0.15, -0.1) is 0 Å². The number of nitrogens with one attached hydrogen (secondary N) is 3. The van der Waals surface area contributed by atoms with Crippen molar-refractivity contribution in [2.45, 2.75) is 77.3 Å². The van der Waals surface area contributed by atoms with Crippen molar-refractivity contribution in [3.8, 4) is 11.6 Å². The highest BCUT2D eigenvalue weighted by atomic mass is 16.7. The van der Waals surface area contributed by atoms with Gasteiger partial charge in [0.25, 0.3) is 0 Å². The standard InChI is InChI=1S/C27H35N5O8/c1-15(28)21(33)30-16(2)22(34)31-19-9-7-13-29-23(19)38-20-10-6-8-17-11-12-27(14-18(17)20,40-25(36)37)32-24(35)39-26(3,4)5/h6-10,13,15-16H,11-12,14,28H2,1-5H3,(H,30,33)(H,31,34)(H,32,35)(H,36,37)/t15-,16-,27+/m0/s1. The number of aryl methyl sites for hydroxylation is 1. The number of carbonyl (C=O) groups excluding carboxylic acids is 3. The summed E-state index contributed by atoms with van der Waals surface area (Å²) in [6.45, 7) is 8.09. The smallest absolute Gasteiger partial charge is 0.450 e. The first-order valence-corrected chi connectivity index (χ1v) is 12.7. The van der Waals surface area contributed by atoms with Gasteiger partial charge in [0.15, 0.2) is 5.72 Å². The molecule has 216 valence electrons. The summed E-state index contributed by atoms with van der Waals surface area (Å²) in [5, 5.41) is 17.2. The van der Waals surface area contributed by atoms with Crippen molar-refractivity contribution in [3.05, 3.63) is 47.7 Å². The number of nitrogens with two attached hydrogens (primary N) is 1. The van der Waals surface area contributed by atoms with Crippen LogP contribution >= 0.6 is 0 Å². The van der Waals surface area contributed by atoms with Crippen molar-refractivity contribution < 1.29 is 38.5 Å². The van der Waals surface area contributed by atoms with E-state index >= 15 is 0 Å². The molecule has 3 amide bonds. The summed E-state index contributed by atoms with van der Waals surface area (Å²) >= 11 is 0. The van der Waals surface area contributed by atoms with E-state index < -0.39 is 47.5 Å². The van der Waals surface area contributed by atoms with Gasteiger partial charge in [-0.05, 0) is 64.8 Å². The molecule has 1 aliphatic rings. The lowest BCUT2D eigenvalue weighted by Gasteiger charge is -2.38. The van der Waals surface area contributed by atoms with Gasteiger partial charge in [0.2, 0.25) is 17.7 Å². The summed E-state index contributed by atoms with van der Waals surface area (Å²) in [7, 11) is 0. The van der Waals surface area contributed by atoms with Crippen LogP contribution in [0, 0.1) is 0 Å². The largest absolute Gasteiger partial charge is 0.507 e. The van der Waals surface area contributed by atoms with E-state index in [-0.39, 0.29) is 24.4 Å². The molecule has 0 saturated carbocycles. The van der Waals surface area contributed by atoms with Crippen LogP contribution in [0.3, 0.4) is 0 Å². The van der Waals surface area contributed by atoms with Crippen molar-refractivity contribution in [2.24, 2.45) is 5.73 Å². The van der Waals surface area contributed by atoms with Crippen LogP contribution in [0.1, 0.15) is 52.2 Å². The quantitative estimate of drug-likeness (QED) is 0.238. The van der Waals surface area contributed by atoms with Gasteiger partial charge in [-0.1, -0.05) is 12.1 Å². The van der Waals surface area contributed by atoms with E-state index in [9.17, 15) is 24.3 Å². The van der Waals surface area contributed by atoms with Crippen molar-refractivity contribution in [2.75, 3.05) is 5.32 Å².